The van der Waals surface area contributed by atoms with Gasteiger partial charge in [0.2, 0.25) is 21.5 Å². The van der Waals surface area contributed by atoms with Crippen LogP contribution in [0.1, 0.15) is 12.5 Å². The summed E-state index contributed by atoms with van der Waals surface area (Å²) in [7, 11) is -3.76. The Morgan fingerprint density at radius 3 is 2.16 bits per heavy atom. The molecule has 200 valence electrons. The Hall–Kier alpha value is -4.44. The van der Waals surface area contributed by atoms with Gasteiger partial charge >= 0.3 is 11.9 Å². The van der Waals surface area contributed by atoms with Crippen LogP contribution in [0.2, 0.25) is 0 Å². The molecule has 4 N–H and O–H groups in total. The SMILES string of the molecule is COc1ccc(-n2c3c(c(=O)[nH]c2=O)[C@@](NS(=O)(=O)c2ccc(NC(C)=O)cc2)(C(F)(F)F)C(=O)N3)cc1. The number of fused-ring (bicyclic) bond motifs is 1. The zero-order chi connectivity index (χ0) is 28.0. The van der Waals surface area contributed by atoms with Crippen molar-refractivity contribution in [1.82, 2.24) is 14.3 Å². The molecule has 12 nitrogen and oxygen atoms in total. The van der Waals surface area contributed by atoms with Gasteiger partial charge in [-0.15, -0.1) is 0 Å². The van der Waals surface area contributed by atoms with Gasteiger partial charge in [-0.3, -0.25) is 19.4 Å². The van der Waals surface area contributed by atoms with Gasteiger partial charge in [-0.2, -0.15) is 17.9 Å². The monoisotopic (exact) mass is 553 g/mol. The molecule has 0 radical (unpaired) electrons. The second kappa shape index (κ2) is 9.14. The lowest BCUT2D eigenvalue weighted by Gasteiger charge is -2.29. The van der Waals surface area contributed by atoms with E-state index in [0.717, 1.165) is 24.3 Å². The Balaban J connectivity index is 1.91. The Morgan fingerprint density at radius 1 is 1.03 bits per heavy atom. The number of sulfonamides is 1. The van der Waals surface area contributed by atoms with Gasteiger partial charge in [0, 0.05) is 12.6 Å². The molecule has 16 heteroatoms. The quantitative estimate of drug-likeness (QED) is 0.355. The largest absolute Gasteiger partial charge is 0.497 e. The third-order valence-electron chi connectivity index (χ3n) is 5.59. The molecule has 0 spiro atoms. The summed E-state index contributed by atoms with van der Waals surface area (Å²) in [6.07, 6.45) is -5.68. The van der Waals surface area contributed by atoms with Crippen molar-refractivity contribution in [1.29, 1.82) is 0 Å². The number of methoxy groups -OCH3 is 1. The summed E-state index contributed by atoms with van der Waals surface area (Å²) in [6.45, 7) is 1.19. The number of hydrogen-bond acceptors (Lipinski definition) is 7. The van der Waals surface area contributed by atoms with Crippen LogP contribution in [-0.2, 0) is 25.2 Å². The number of rotatable bonds is 6. The van der Waals surface area contributed by atoms with Gasteiger partial charge in [0.15, 0.2) is 0 Å². The molecule has 2 heterocycles. The molecule has 1 aromatic heterocycles. The van der Waals surface area contributed by atoms with Gasteiger partial charge in [0.05, 0.1) is 23.3 Å². The number of hydrogen-bond donors (Lipinski definition) is 4. The predicted molar refractivity (Wildman–Crippen MR) is 127 cm³/mol. The summed E-state index contributed by atoms with van der Waals surface area (Å²) in [5.74, 6) is -2.95. The van der Waals surface area contributed by atoms with Gasteiger partial charge in [0.25, 0.3) is 11.5 Å². The fourth-order valence-corrected chi connectivity index (χ4v) is 5.23. The number of carbonyl (C=O) groups excluding carboxylic acids is 2. The highest BCUT2D eigenvalue weighted by Gasteiger charge is 2.69. The minimum atomic E-state index is -5.68. The molecule has 2 aromatic carbocycles. The number of halogens is 3. The van der Waals surface area contributed by atoms with Gasteiger partial charge in [-0.25, -0.2) is 17.8 Å². The van der Waals surface area contributed by atoms with E-state index in [1.54, 1.807) is 4.98 Å². The number of amides is 2. The first-order valence-electron chi connectivity index (χ1n) is 10.6. The Labute approximate surface area is 211 Å². The lowest BCUT2D eigenvalue weighted by molar-refractivity contribution is -0.194. The van der Waals surface area contributed by atoms with Crippen molar-refractivity contribution < 1.29 is 35.9 Å². The normalized spacial score (nSPS) is 17.0. The highest BCUT2D eigenvalue weighted by molar-refractivity contribution is 7.89. The fourth-order valence-electron chi connectivity index (χ4n) is 3.90. The molecular weight excluding hydrogens is 535 g/mol. The first-order valence-corrected chi connectivity index (χ1v) is 12.0. The van der Waals surface area contributed by atoms with Gasteiger partial charge in [-0.05, 0) is 48.5 Å². The standard InChI is InChI=1S/C22H18F3N5O7S/c1-11(31)26-12-3-9-15(10-4-12)38(35,36)29-21(22(23,24)25)16-17(27-19(21)33)30(20(34)28-18(16)32)13-5-7-14(37-2)8-6-13/h3-10,29H,1-2H3,(H,26,31)(H,27,33)(H,28,32,34)/t21-/m0/s1. The van der Waals surface area contributed by atoms with Crippen LogP contribution < -0.4 is 31.3 Å². The van der Waals surface area contributed by atoms with Crippen molar-refractivity contribution >= 4 is 33.3 Å². The Bertz CT molecular complexity index is 1660. The van der Waals surface area contributed by atoms with E-state index in [2.05, 4.69) is 5.32 Å². The number of nitrogens with one attached hydrogen (secondary N) is 4. The van der Waals surface area contributed by atoms with Crippen LogP contribution in [0.5, 0.6) is 5.75 Å². The van der Waals surface area contributed by atoms with E-state index in [4.69, 9.17) is 4.74 Å². The maximum absolute atomic E-state index is 14.6. The fraction of sp³-hybridized carbons (Fsp3) is 0.182. The molecule has 0 fully saturated rings. The zero-order valence-corrected chi connectivity index (χ0v) is 20.3. The van der Waals surface area contributed by atoms with Crippen LogP contribution in [0.15, 0.2) is 63.0 Å². The van der Waals surface area contributed by atoms with Gasteiger partial charge in [0.1, 0.15) is 11.6 Å². The van der Waals surface area contributed by atoms with Gasteiger partial charge in [-0.1, -0.05) is 0 Å². The van der Waals surface area contributed by atoms with E-state index >= 15 is 0 Å². The van der Waals surface area contributed by atoms with Crippen LogP contribution in [-0.4, -0.2) is 43.1 Å². The minimum Gasteiger partial charge on any atom is -0.497 e. The highest BCUT2D eigenvalue weighted by Crippen LogP contribution is 2.46. The van der Waals surface area contributed by atoms with E-state index in [9.17, 15) is 40.8 Å². The summed E-state index contributed by atoms with van der Waals surface area (Å²) in [5.41, 5.74) is -8.18. The van der Waals surface area contributed by atoms with E-state index in [1.165, 1.54) is 43.0 Å². The molecule has 1 atom stereocenters. The molecule has 2 amide bonds. The number of aromatic nitrogens is 2. The topological polar surface area (TPSA) is 168 Å². The first kappa shape index (κ1) is 26.6. The molecule has 1 aliphatic heterocycles. The zero-order valence-electron chi connectivity index (χ0n) is 19.5. The van der Waals surface area contributed by atoms with Crippen LogP contribution in [0.4, 0.5) is 24.7 Å². The summed E-state index contributed by atoms with van der Waals surface area (Å²) in [5, 5.41) is 4.22. The Morgan fingerprint density at radius 2 is 1.63 bits per heavy atom. The number of H-pyrrole nitrogens is 1. The minimum absolute atomic E-state index is 0.0574. The maximum Gasteiger partial charge on any atom is 0.421 e. The number of nitrogens with zero attached hydrogens (tertiary/aromatic N) is 1. The maximum atomic E-state index is 14.6. The predicted octanol–water partition coefficient (Wildman–Crippen LogP) is 1.18. The van der Waals surface area contributed by atoms with Crippen LogP contribution in [0, 0.1) is 0 Å². The molecule has 0 bridgehead atoms. The van der Waals surface area contributed by atoms with Gasteiger partial charge < -0.3 is 15.4 Å². The molecule has 0 unspecified atom stereocenters. The van der Waals surface area contributed by atoms with Crippen LogP contribution in [0.3, 0.4) is 0 Å². The molecule has 1 aliphatic rings. The summed E-state index contributed by atoms with van der Waals surface area (Å²) in [6, 6.07) is 9.33. The molecular formula is C22H18F3N5O7S. The van der Waals surface area contributed by atoms with Crippen molar-refractivity contribution in [3.8, 4) is 11.4 Å². The molecule has 3 aromatic rings. The first-order chi connectivity index (χ1) is 17.7. The third kappa shape index (κ3) is 4.32. The summed E-state index contributed by atoms with van der Waals surface area (Å²) >= 11 is 0. The molecule has 4 rings (SSSR count). The second-order valence-electron chi connectivity index (χ2n) is 8.03. The lowest BCUT2D eigenvalue weighted by atomic mass is 9.93. The molecule has 0 saturated carbocycles. The van der Waals surface area contributed by atoms with Crippen molar-refractivity contribution in [2.75, 3.05) is 17.7 Å². The number of benzene rings is 2. The van der Waals surface area contributed by atoms with Crippen molar-refractivity contribution in [3.05, 3.63) is 74.9 Å². The second-order valence-corrected chi connectivity index (χ2v) is 9.71. The van der Waals surface area contributed by atoms with E-state index in [0.29, 0.717) is 10.3 Å². The number of carbonyl (C=O) groups is 2. The van der Waals surface area contributed by atoms with E-state index in [1.807, 2.05) is 5.32 Å². The van der Waals surface area contributed by atoms with E-state index < -0.39 is 61.1 Å². The number of alkyl halides is 3. The smallest absolute Gasteiger partial charge is 0.421 e. The number of anilines is 2. The molecule has 0 aliphatic carbocycles. The van der Waals surface area contributed by atoms with Crippen molar-refractivity contribution in [2.45, 2.75) is 23.5 Å². The molecule has 38 heavy (non-hydrogen) atoms. The Kier molecular flexibility index (Phi) is 6.40. The summed E-state index contributed by atoms with van der Waals surface area (Å²) < 4.78 is 76.9. The van der Waals surface area contributed by atoms with Crippen molar-refractivity contribution in [3.63, 3.8) is 0 Å². The van der Waals surface area contributed by atoms with Crippen LogP contribution in [0.25, 0.3) is 5.69 Å². The average Bonchev–Trinajstić information content (AvgIpc) is 3.12. The lowest BCUT2D eigenvalue weighted by Crippen LogP contribution is -2.61. The van der Waals surface area contributed by atoms with E-state index in [-0.39, 0.29) is 11.4 Å². The number of ether oxygens (including phenoxy) is 1. The average molecular weight is 553 g/mol. The number of aromatic amines is 1. The van der Waals surface area contributed by atoms with Crippen molar-refractivity contribution in [2.24, 2.45) is 0 Å². The van der Waals surface area contributed by atoms with Crippen LogP contribution >= 0.6 is 0 Å². The summed E-state index contributed by atoms with van der Waals surface area (Å²) in [4.78, 5) is 50.5. The third-order valence-corrected chi connectivity index (χ3v) is 7.05. The molecule has 0 saturated heterocycles. The highest BCUT2D eigenvalue weighted by atomic mass is 32.2.